The number of piperazine rings is 1. The molecule has 0 saturated carbocycles. The van der Waals surface area contributed by atoms with Gasteiger partial charge in [-0.3, -0.25) is 14.4 Å². The van der Waals surface area contributed by atoms with E-state index in [0.717, 1.165) is 50.4 Å². The summed E-state index contributed by atoms with van der Waals surface area (Å²) < 4.78 is 33.5. The molecular weight excluding hydrogens is 446 g/mol. The highest BCUT2D eigenvalue weighted by Gasteiger charge is 2.25. The number of nitrogens with one attached hydrogen (secondary N) is 1. The lowest BCUT2D eigenvalue weighted by Gasteiger charge is -2.35. The fraction of sp³-hybridized carbons (Fsp3) is 0.450. The number of thiophene rings is 1. The molecule has 0 bridgehead atoms. The molecule has 4 rings (SSSR count). The summed E-state index contributed by atoms with van der Waals surface area (Å²) in [4.78, 5) is 17.0. The second kappa shape index (κ2) is 9.23. The van der Waals surface area contributed by atoms with Gasteiger partial charge < -0.3 is 9.64 Å². The van der Waals surface area contributed by atoms with E-state index >= 15 is 0 Å². The van der Waals surface area contributed by atoms with Gasteiger partial charge in [-0.05, 0) is 49.2 Å². The van der Waals surface area contributed by atoms with Crippen LogP contribution in [0.4, 0.5) is 5.69 Å². The maximum absolute atomic E-state index is 12.8. The van der Waals surface area contributed by atoms with Crippen molar-refractivity contribution in [1.29, 1.82) is 0 Å². The summed E-state index contributed by atoms with van der Waals surface area (Å²) in [5, 5.41) is 0. The van der Waals surface area contributed by atoms with E-state index < -0.39 is 10.0 Å². The average Bonchev–Trinajstić information content (AvgIpc) is 3.40. The number of hydrogen-bond acceptors (Lipinski definition) is 6. The summed E-state index contributed by atoms with van der Waals surface area (Å²) in [6.45, 7) is 4.83. The molecule has 1 aromatic heterocycles. The van der Waals surface area contributed by atoms with Crippen LogP contribution < -0.4 is 4.72 Å². The van der Waals surface area contributed by atoms with Crippen LogP contribution in [0.5, 0.6) is 0 Å². The zero-order valence-electron chi connectivity index (χ0n) is 16.4. The Labute approximate surface area is 185 Å². The molecule has 0 aliphatic carbocycles. The lowest BCUT2D eigenvalue weighted by Crippen LogP contribution is -2.50. The van der Waals surface area contributed by atoms with E-state index in [-0.39, 0.29) is 10.1 Å². The standard InChI is InChI=1S/C20H24ClN3O4S2/c21-18-7-8-19(29-18)30(26,27)22-16-5-3-15(4-6-16)20(25)24-11-9-23(10-12-24)14-17-2-1-13-28-17/h3-8,17,22H,1-2,9-14H2/t17-/m1/s1. The zero-order valence-corrected chi connectivity index (χ0v) is 18.8. The van der Waals surface area contributed by atoms with Gasteiger partial charge >= 0.3 is 0 Å². The minimum atomic E-state index is -3.69. The Hall–Kier alpha value is -1.65. The van der Waals surface area contributed by atoms with Gasteiger partial charge in [0.15, 0.2) is 0 Å². The lowest BCUT2D eigenvalue weighted by molar-refractivity contribution is 0.0433. The van der Waals surface area contributed by atoms with Crippen molar-refractivity contribution < 1.29 is 17.9 Å². The molecule has 2 aromatic rings. The van der Waals surface area contributed by atoms with Crippen LogP contribution in [0.25, 0.3) is 0 Å². The molecule has 0 spiro atoms. The molecule has 0 radical (unpaired) electrons. The Morgan fingerprint density at radius 3 is 2.47 bits per heavy atom. The first kappa shape index (κ1) is 21.6. The van der Waals surface area contributed by atoms with Gasteiger partial charge in [-0.25, -0.2) is 8.42 Å². The smallest absolute Gasteiger partial charge is 0.271 e. The van der Waals surface area contributed by atoms with E-state index in [4.69, 9.17) is 16.3 Å². The second-order valence-electron chi connectivity index (χ2n) is 7.47. The highest BCUT2D eigenvalue weighted by atomic mass is 35.5. The van der Waals surface area contributed by atoms with Crippen molar-refractivity contribution in [1.82, 2.24) is 9.80 Å². The summed E-state index contributed by atoms with van der Waals surface area (Å²) in [5.74, 6) is -0.0359. The third kappa shape index (κ3) is 5.15. The van der Waals surface area contributed by atoms with E-state index in [0.29, 0.717) is 34.8 Å². The predicted molar refractivity (Wildman–Crippen MR) is 118 cm³/mol. The van der Waals surface area contributed by atoms with E-state index in [1.807, 2.05) is 4.90 Å². The maximum atomic E-state index is 12.8. The Bertz CT molecular complexity index is 980. The molecule has 162 valence electrons. The van der Waals surface area contributed by atoms with Gasteiger partial charge in [-0.15, -0.1) is 11.3 Å². The summed E-state index contributed by atoms with van der Waals surface area (Å²) in [5.41, 5.74) is 0.946. The van der Waals surface area contributed by atoms with Crippen LogP contribution in [-0.4, -0.2) is 69.6 Å². The molecular formula is C20H24ClN3O4S2. The number of sulfonamides is 1. The molecule has 1 aromatic carbocycles. The molecule has 30 heavy (non-hydrogen) atoms. The minimum Gasteiger partial charge on any atom is -0.377 e. The van der Waals surface area contributed by atoms with Gasteiger partial charge in [0.1, 0.15) is 4.21 Å². The Kier molecular flexibility index (Phi) is 6.64. The molecule has 1 atom stereocenters. The number of amides is 1. The van der Waals surface area contributed by atoms with Gasteiger partial charge in [-0.1, -0.05) is 11.6 Å². The van der Waals surface area contributed by atoms with Crippen LogP contribution in [0.2, 0.25) is 4.34 Å². The van der Waals surface area contributed by atoms with Crippen LogP contribution in [0, 0.1) is 0 Å². The molecule has 2 saturated heterocycles. The first-order valence-corrected chi connectivity index (χ1v) is 12.6. The van der Waals surface area contributed by atoms with Gasteiger partial charge in [0.2, 0.25) is 0 Å². The first-order chi connectivity index (χ1) is 14.4. The summed E-state index contributed by atoms with van der Waals surface area (Å²) in [6.07, 6.45) is 2.58. The fourth-order valence-electron chi connectivity index (χ4n) is 3.72. The molecule has 1 amide bonds. The topological polar surface area (TPSA) is 79.0 Å². The Morgan fingerprint density at radius 1 is 1.13 bits per heavy atom. The number of nitrogens with zero attached hydrogens (tertiary/aromatic N) is 2. The zero-order chi connectivity index (χ0) is 21.1. The van der Waals surface area contributed by atoms with Crippen molar-refractivity contribution in [3.8, 4) is 0 Å². The number of ether oxygens (including phenoxy) is 1. The van der Waals surface area contributed by atoms with Crippen molar-refractivity contribution in [2.75, 3.05) is 44.1 Å². The summed E-state index contributed by atoms with van der Waals surface area (Å²) in [7, 11) is -3.69. The van der Waals surface area contributed by atoms with E-state index in [1.165, 1.54) is 6.07 Å². The van der Waals surface area contributed by atoms with E-state index in [9.17, 15) is 13.2 Å². The van der Waals surface area contributed by atoms with Crippen LogP contribution in [0.1, 0.15) is 23.2 Å². The van der Waals surface area contributed by atoms with Crippen molar-refractivity contribution in [3.05, 3.63) is 46.3 Å². The van der Waals surface area contributed by atoms with Gasteiger partial charge in [0.25, 0.3) is 15.9 Å². The molecule has 3 heterocycles. The molecule has 0 unspecified atom stereocenters. The highest BCUT2D eigenvalue weighted by Crippen LogP contribution is 2.27. The summed E-state index contributed by atoms with van der Waals surface area (Å²) in [6, 6.07) is 9.52. The highest BCUT2D eigenvalue weighted by molar-refractivity contribution is 7.94. The molecule has 2 aliphatic heterocycles. The number of carbonyl (C=O) groups is 1. The molecule has 1 N–H and O–H groups in total. The minimum absolute atomic E-state index is 0.0359. The van der Waals surface area contributed by atoms with Crippen LogP contribution in [-0.2, 0) is 14.8 Å². The third-order valence-electron chi connectivity index (χ3n) is 5.34. The molecule has 7 nitrogen and oxygen atoms in total. The predicted octanol–water partition coefficient (Wildman–Crippen LogP) is 3.14. The Morgan fingerprint density at radius 2 is 1.87 bits per heavy atom. The average molecular weight is 470 g/mol. The third-order valence-corrected chi connectivity index (χ3v) is 8.45. The van der Waals surface area contributed by atoms with Gasteiger partial charge in [0.05, 0.1) is 10.4 Å². The van der Waals surface area contributed by atoms with Crippen LogP contribution in [0.3, 0.4) is 0 Å². The monoisotopic (exact) mass is 469 g/mol. The lowest BCUT2D eigenvalue weighted by atomic mass is 10.1. The van der Waals surface area contributed by atoms with Gasteiger partial charge in [0, 0.05) is 50.6 Å². The van der Waals surface area contributed by atoms with Gasteiger partial charge in [-0.2, -0.15) is 0 Å². The number of benzene rings is 1. The largest absolute Gasteiger partial charge is 0.377 e. The quantitative estimate of drug-likeness (QED) is 0.703. The number of halogens is 1. The van der Waals surface area contributed by atoms with Crippen molar-refractivity contribution in [2.24, 2.45) is 0 Å². The van der Waals surface area contributed by atoms with Crippen LogP contribution >= 0.6 is 22.9 Å². The first-order valence-electron chi connectivity index (χ1n) is 9.92. The molecule has 10 heteroatoms. The van der Waals surface area contributed by atoms with Crippen molar-refractivity contribution in [2.45, 2.75) is 23.2 Å². The fourth-order valence-corrected chi connectivity index (χ4v) is 6.26. The Balaban J connectivity index is 1.32. The normalized spacial score (nSPS) is 20.4. The summed E-state index contributed by atoms with van der Waals surface area (Å²) >= 11 is 6.82. The molecule has 2 aliphatic rings. The number of hydrogen-bond donors (Lipinski definition) is 1. The van der Waals surface area contributed by atoms with E-state index in [1.54, 1.807) is 30.3 Å². The molecule has 2 fully saturated rings. The van der Waals surface area contributed by atoms with Crippen LogP contribution in [0.15, 0.2) is 40.6 Å². The SMILES string of the molecule is O=C(c1ccc(NS(=O)(=O)c2ccc(Cl)s2)cc1)N1CCN(C[C@H]2CCCO2)CC1. The van der Waals surface area contributed by atoms with Crippen molar-refractivity contribution >= 4 is 44.6 Å². The number of anilines is 1. The second-order valence-corrected chi connectivity index (χ2v) is 11.1. The van der Waals surface area contributed by atoms with E-state index in [2.05, 4.69) is 9.62 Å². The number of carbonyl (C=O) groups excluding carboxylic acids is 1. The number of rotatable bonds is 6. The maximum Gasteiger partial charge on any atom is 0.271 e. The van der Waals surface area contributed by atoms with Crippen molar-refractivity contribution in [3.63, 3.8) is 0 Å².